The summed E-state index contributed by atoms with van der Waals surface area (Å²) in [6, 6.07) is 9.95. The zero-order valence-corrected chi connectivity index (χ0v) is 10.8. The molecule has 0 radical (unpaired) electrons. The van der Waals surface area contributed by atoms with Crippen LogP contribution in [0.2, 0.25) is 0 Å². The molecule has 4 heteroatoms. The SMILES string of the molecule is OCc1cc(N2CCC(O)CC2)c2ccccc2n1. The predicted octanol–water partition coefficient (Wildman–Crippen LogP) is 1.69. The Kier molecular flexibility index (Phi) is 3.36. The molecule has 100 valence electrons. The Morgan fingerprint density at radius 1 is 1.21 bits per heavy atom. The fourth-order valence-electron chi connectivity index (χ4n) is 2.66. The summed E-state index contributed by atoms with van der Waals surface area (Å²) in [5.74, 6) is 0. The molecule has 0 amide bonds. The molecule has 1 aliphatic rings. The molecule has 2 aromatic rings. The monoisotopic (exact) mass is 258 g/mol. The van der Waals surface area contributed by atoms with Crippen LogP contribution in [-0.4, -0.2) is 34.4 Å². The van der Waals surface area contributed by atoms with Crippen molar-refractivity contribution >= 4 is 16.6 Å². The molecule has 19 heavy (non-hydrogen) atoms. The average Bonchev–Trinajstić information content (AvgIpc) is 2.47. The molecular formula is C15H18N2O2. The van der Waals surface area contributed by atoms with Crippen LogP contribution in [0.15, 0.2) is 30.3 Å². The van der Waals surface area contributed by atoms with Gasteiger partial charge in [-0.2, -0.15) is 0 Å². The average molecular weight is 258 g/mol. The molecule has 1 aromatic heterocycles. The first-order chi connectivity index (χ1) is 9.28. The molecular weight excluding hydrogens is 240 g/mol. The van der Waals surface area contributed by atoms with E-state index in [2.05, 4.69) is 16.0 Å². The highest BCUT2D eigenvalue weighted by molar-refractivity contribution is 5.92. The minimum Gasteiger partial charge on any atom is -0.393 e. The lowest BCUT2D eigenvalue weighted by atomic mass is 10.1. The van der Waals surface area contributed by atoms with Gasteiger partial charge >= 0.3 is 0 Å². The van der Waals surface area contributed by atoms with Gasteiger partial charge < -0.3 is 15.1 Å². The number of aromatic nitrogens is 1. The maximum Gasteiger partial charge on any atom is 0.0854 e. The minimum atomic E-state index is -0.179. The van der Waals surface area contributed by atoms with E-state index in [1.165, 1.54) is 0 Å². The third kappa shape index (κ3) is 2.41. The van der Waals surface area contributed by atoms with E-state index in [9.17, 15) is 10.2 Å². The fourth-order valence-corrected chi connectivity index (χ4v) is 2.66. The first kappa shape index (κ1) is 12.4. The zero-order valence-electron chi connectivity index (χ0n) is 10.8. The highest BCUT2D eigenvalue weighted by Gasteiger charge is 2.19. The van der Waals surface area contributed by atoms with Crippen molar-refractivity contribution in [2.75, 3.05) is 18.0 Å². The van der Waals surface area contributed by atoms with Gasteiger partial charge in [0.05, 0.1) is 23.9 Å². The van der Waals surface area contributed by atoms with Gasteiger partial charge in [-0.25, -0.2) is 0 Å². The summed E-state index contributed by atoms with van der Waals surface area (Å²) in [4.78, 5) is 6.71. The summed E-state index contributed by atoms with van der Waals surface area (Å²) < 4.78 is 0. The third-order valence-corrected chi connectivity index (χ3v) is 3.71. The van der Waals surface area contributed by atoms with Crippen LogP contribution in [0.1, 0.15) is 18.5 Å². The second kappa shape index (κ2) is 5.15. The third-order valence-electron chi connectivity index (χ3n) is 3.71. The van der Waals surface area contributed by atoms with E-state index in [0.29, 0.717) is 5.69 Å². The zero-order chi connectivity index (χ0) is 13.2. The highest BCUT2D eigenvalue weighted by atomic mass is 16.3. The molecule has 1 saturated heterocycles. The summed E-state index contributed by atoms with van der Waals surface area (Å²) in [6.07, 6.45) is 1.41. The summed E-state index contributed by atoms with van der Waals surface area (Å²) in [6.45, 7) is 1.65. The predicted molar refractivity (Wildman–Crippen MR) is 75.1 cm³/mol. The van der Waals surface area contributed by atoms with Gasteiger partial charge in [-0.3, -0.25) is 4.98 Å². The Balaban J connectivity index is 2.05. The summed E-state index contributed by atoms with van der Waals surface area (Å²) in [5, 5.41) is 20.1. The normalized spacial score (nSPS) is 17.1. The number of fused-ring (bicyclic) bond motifs is 1. The number of aliphatic hydroxyl groups is 2. The lowest BCUT2D eigenvalue weighted by molar-refractivity contribution is 0.145. The van der Waals surface area contributed by atoms with Gasteiger partial charge in [-0.15, -0.1) is 0 Å². The minimum absolute atomic E-state index is 0.0473. The number of anilines is 1. The topological polar surface area (TPSA) is 56.6 Å². The Morgan fingerprint density at radius 3 is 2.68 bits per heavy atom. The van der Waals surface area contributed by atoms with E-state index in [-0.39, 0.29) is 12.7 Å². The summed E-state index contributed by atoms with van der Waals surface area (Å²) in [5.41, 5.74) is 2.72. The van der Waals surface area contributed by atoms with Crippen LogP contribution in [0, 0.1) is 0 Å². The van der Waals surface area contributed by atoms with E-state index in [1.807, 2.05) is 24.3 Å². The fraction of sp³-hybridized carbons (Fsp3) is 0.400. The van der Waals surface area contributed by atoms with Gasteiger partial charge in [0, 0.05) is 24.2 Å². The van der Waals surface area contributed by atoms with Crippen LogP contribution in [0.3, 0.4) is 0 Å². The standard InChI is InChI=1S/C15H18N2O2/c18-10-11-9-15(17-7-5-12(19)6-8-17)13-3-1-2-4-14(13)16-11/h1-4,9,12,18-19H,5-8,10H2. The lowest BCUT2D eigenvalue weighted by Gasteiger charge is -2.32. The van der Waals surface area contributed by atoms with Crippen molar-refractivity contribution in [2.45, 2.75) is 25.6 Å². The van der Waals surface area contributed by atoms with Crippen LogP contribution in [0.4, 0.5) is 5.69 Å². The molecule has 1 fully saturated rings. The number of benzene rings is 1. The molecule has 0 spiro atoms. The van der Waals surface area contributed by atoms with E-state index in [4.69, 9.17) is 0 Å². The Labute approximate surface area is 112 Å². The molecule has 0 saturated carbocycles. The molecule has 1 aromatic carbocycles. The number of nitrogens with zero attached hydrogens (tertiary/aromatic N) is 2. The molecule has 0 atom stereocenters. The first-order valence-corrected chi connectivity index (χ1v) is 6.70. The van der Waals surface area contributed by atoms with Gasteiger partial charge in [0.15, 0.2) is 0 Å². The smallest absolute Gasteiger partial charge is 0.0854 e. The Hall–Kier alpha value is -1.65. The quantitative estimate of drug-likeness (QED) is 0.860. The Bertz CT molecular complexity index is 577. The largest absolute Gasteiger partial charge is 0.393 e. The van der Waals surface area contributed by atoms with Gasteiger partial charge in [0.25, 0.3) is 0 Å². The number of rotatable bonds is 2. The molecule has 3 rings (SSSR count). The number of para-hydroxylation sites is 1. The highest BCUT2D eigenvalue weighted by Crippen LogP contribution is 2.29. The number of pyridine rings is 1. The van der Waals surface area contributed by atoms with Gasteiger partial charge in [0.2, 0.25) is 0 Å². The van der Waals surface area contributed by atoms with Crippen LogP contribution in [-0.2, 0) is 6.61 Å². The van der Waals surface area contributed by atoms with Gasteiger partial charge in [0.1, 0.15) is 0 Å². The van der Waals surface area contributed by atoms with Gasteiger partial charge in [-0.05, 0) is 25.0 Å². The Morgan fingerprint density at radius 2 is 1.95 bits per heavy atom. The van der Waals surface area contributed by atoms with Crippen molar-refractivity contribution in [1.82, 2.24) is 4.98 Å². The van der Waals surface area contributed by atoms with Crippen LogP contribution >= 0.6 is 0 Å². The van der Waals surface area contributed by atoms with Crippen molar-refractivity contribution in [3.05, 3.63) is 36.0 Å². The number of hydrogen-bond acceptors (Lipinski definition) is 4. The molecule has 2 N–H and O–H groups in total. The van der Waals surface area contributed by atoms with Crippen LogP contribution < -0.4 is 4.90 Å². The molecule has 4 nitrogen and oxygen atoms in total. The molecule has 0 bridgehead atoms. The molecule has 0 aliphatic carbocycles. The van der Waals surface area contributed by atoms with Crippen molar-refractivity contribution in [3.8, 4) is 0 Å². The first-order valence-electron chi connectivity index (χ1n) is 6.70. The lowest BCUT2D eigenvalue weighted by Crippen LogP contribution is -2.36. The van der Waals surface area contributed by atoms with Crippen molar-refractivity contribution < 1.29 is 10.2 Å². The van der Waals surface area contributed by atoms with Gasteiger partial charge in [-0.1, -0.05) is 18.2 Å². The number of hydrogen-bond donors (Lipinski definition) is 2. The molecule has 0 unspecified atom stereocenters. The van der Waals surface area contributed by atoms with E-state index < -0.39 is 0 Å². The van der Waals surface area contributed by atoms with Crippen LogP contribution in [0.5, 0.6) is 0 Å². The van der Waals surface area contributed by atoms with E-state index in [1.54, 1.807) is 0 Å². The maximum atomic E-state index is 9.61. The second-order valence-corrected chi connectivity index (χ2v) is 5.03. The maximum absolute atomic E-state index is 9.61. The van der Waals surface area contributed by atoms with Crippen molar-refractivity contribution in [2.24, 2.45) is 0 Å². The van der Waals surface area contributed by atoms with Crippen molar-refractivity contribution in [1.29, 1.82) is 0 Å². The second-order valence-electron chi connectivity index (χ2n) is 5.03. The van der Waals surface area contributed by atoms with E-state index in [0.717, 1.165) is 42.5 Å². The van der Waals surface area contributed by atoms with Crippen LogP contribution in [0.25, 0.3) is 10.9 Å². The molecule has 1 aliphatic heterocycles. The summed E-state index contributed by atoms with van der Waals surface area (Å²) in [7, 11) is 0. The van der Waals surface area contributed by atoms with E-state index >= 15 is 0 Å². The summed E-state index contributed by atoms with van der Waals surface area (Å²) >= 11 is 0. The number of piperidine rings is 1. The number of aliphatic hydroxyl groups excluding tert-OH is 2. The van der Waals surface area contributed by atoms with Crippen molar-refractivity contribution in [3.63, 3.8) is 0 Å². The molecule has 2 heterocycles.